The van der Waals surface area contributed by atoms with Gasteiger partial charge in [-0.3, -0.25) is 4.79 Å². The molecule has 1 unspecified atom stereocenters. The topological polar surface area (TPSA) is 83.0 Å². The van der Waals surface area contributed by atoms with E-state index in [9.17, 15) is 4.79 Å². The molecule has 3 aromatic rings. The van der Waals surface area contributed by atoms with E-state index in [0.717, 1.165) is 41.4 Å². The Hall–Kier alpha value is -2.67. The highest BCUT2D eigenvalue weighted by atomic mass is 32.1. The number of nitrogens with zero attached hydrogens (tertiary/aromatic N) is 3. The molecule has 2 aromatic heterocycles. The summed E-state index contributed by atoms with van der Waals surface area (Å²) in [6.45, 7) is 4.27. The SMILES string of the molecule is CCc1c(CC(C)CCC(N)=O)cnn1-c1nc(-c2ccc(OC)cc2)cs1. The fourth-order valence-electron chi connectivity index (χ4n) is 3.24. The fraction of sp³-hybridized carbons (Fsp3) is 0.381. The number of aromatic nitrogens is 3. The maximum Gasteiger partial charge on any atom is 0.217 e. The van der Waals surface area contributed by atoms with Crippen molar-refractivity contribution >= 4 is 17.2 Å². The summed E-state index contributed by atoms with van der Waals surface area (Å²) in [5, 5.41) is 7.50. The number of rotatable bonds is 9. The van der Waals surface area contributed by atoms with Gasteiger partial charge in [0.2, 0.25) is 11.0 Å². The average Bonchev–Trinajstić information content (AvgIpc) is 3.33. The Morgan fingerprint density at radius 1 is 1.32 bits per heavy atom. The zero-order valence-corrected chi connectivity index (χ0v) is 17.3. The highest BCUT2D eigenvalue weighted by Gasteiger charge is 2.16. The molecule has 7 heteroatoms. The number of ether oxygens (including phenoxy) is 1. The van der Waals surface area contributed by atoms with Crippen molar-refractivity contribution in [2.45, 2.75) is 39.5 Å². The van der Waals surface area contributed by atoms with Crippen LogP contribution in [-0.2, 0) is 17.6 Å². The summed E-state index contributed by atoms with van der Waals surface area (Å²) >= 11 is 1.58. The molecule has 28 heavy (non-hydrogen) atoms. The molecule has 0 fully saturated rings. The standard InChI is InChI=1S/C21H26N4O2S/c1-4-19-16(11-14(2)5-10-20(22)26)12-23-25(19)21-24-18(13-28-21)15-6-8-17(27-3)9-7-15/h6-9,12-14H,4-5,10-11H2,1-3H3,(H2,22,26). The summed E-state index contributed by atoms with van der Waals surface area (Å²) in [6.07, 6.45) is 4.90. The minimum Gasteiger partial charge on any atom is -0.497 e. The Balaban J connectivity index is 1.79. The van der Waals surface area contributed by atoms with E-state index in [2.05, 4.69) is 18.9 Å². The molecule has 0 saturated heterocycles. The predicted octanol–water partition coefficient (Wildman–Crippen LogP) is 4.01. The third kappa shape index (κ3) is 4.59. The second kappa shape index (κ2) is 9.01. The number of nitrogens with two attached hydrogens (primary N) is 1. The average molecular weight is 399 g/mol. The highest BCUT2D eigenvalue weighted by Crippen LogP contribution is 2.27. The lowest BCUT2D eigenvalue weighted by Crippen LogP contribution is -2.13. The van der Waals surface area contributed by atoms with Gasteiger partial charge in [-0.1, -0.05) is 13.8 Å². The van der Waals surface area contributed by atoms with Crippen molar-refractivity contribution in [3.63, 3.8) is 0 Å². The van der Waals surface area contributed by atoms with Gasteiger partial charge in [0.25, 0.3) is 0 Å². The van der Waals surface area contributed by atoms with E-state index in [0.29, 0.717) is 12.3 Å². The van der Waals surface area contributed by atoms with E-state index in [1.54, 1.807) is 18.4 Å². The van der Waals surface area contributed by atoms with Crippen LogP contribution in [-0.4, -0.2) is 27.8 Å². The van der Waals surface area contributed by atoms with Gasteiger partial charge in [-0.15, -0.1) is 11.3 Å². The van der Waals surface area contributed by atoms with Crippen LogP contribution in [0.15, 0.2) is 35.8 Å². The lowest BCUT2D eigenvalue weighted by atomic mass is 9.96. The minimum absolute atomic E-state index is 0.243. The Morgan fingerprint density at radius 2 is 2.07 bits per heavy atom. The van der Waals surface area contributed by atoms with Crippen LogP contribution < -0.4 is 10.5 Å². The second-order valence-corrected chi connectivity index (χ2v) is 7.78. The summed E-state index contributed by atoms with van der Waals surface area (Å²) < 4.78 is 7.16. The fourth-order valence-corrected chi connectivity index (χ4v) is 4.06. The lowest BCUT2D eigenvalue weighted by molar-refractivity contribution is -0.118. The lowest BCUT2D eigenvalue weighted by Gasteiger charge is -2.11. The first-order valence-corrected chi connectivity index (χ1v) is 10.3. The van der Waals surface area contributed by atoms with Crippen LogP contribution in [0.5, 0.6) is 5.75 Å². The van der Waals surface area contributed by atoms with Gasteiger partial charge in [0.15, 0.2) is 0 Å². The molecule has 1 amide bonds. The van der Waals surface area contributed by atoms with Crippen LogP contribution in [0.4, 0.5) is 0 Å². The molecule has 0 bridgehead atoms. The van der Waals surface area contributed by atoms with Gasteiger partial charge in [0, 0.05) is 23.1 Å². The van der Waals surface area contributed by atoms with Gasteiger partial charge in [-0.2, -0.15) is 5.10 Å². The summed E-state index contributed by atoms with van der Waals surface area (Å²) in [6, 6.07) is 7.89. The first kappa shape index (κ1) is 20.1. The second-order valence-electron chi connectivity index (χ2n) is 6.94. The molecule has 0 aliphatic carbocycles. The molecular weight excluding hydrogens is 372 g/mol. The highest BCUT2D eigenvalue weighted by molar-refractivity contribution is 7.12. The van der Waals surface area contributed by atoms with E-state index in [4.69, 9.17) is 15.5 Å². The summed E-state index contributed by atoms with van der Waals surface area (Å²) in [7, 11) is 1.66. The van der Waals surface area contributed by atoms with Gasteiger partial charge >= 0.3 is 0 Å². The molecule has 3 rings (SSSR count). The molecular formula is C21H26N4O2S. The Bertz CT molecular complexity index is 930. The van der Waals surface area contributed by atoms with E-state index < -0.39 is 0 Å². The number of primary amides is 1. The first-order chi connectivity index (χ1) is 13.5. The number of thiazole rings is 1. The largest absolute Gasteiger partial charge is 0.497 e. The molecule has 0 aliphatic heterocycles. The van der Waals surface area contributed by atoms with Crippen molar-refractivity contribution in [3.05, 3.63) is 47.1 Å². The normalized spacial score (nSPS) is 12.1. The molecule has 2 heterocycles. The summed E-state index contributed by atoms with van der Waals surface area (Å²) in [5.74, 6) is 0.961. The Kier molecular flexibility index (Phi) is 6.46. The third-order valence-electron chi connectivity index (χ3n) is 4.80. The van der Waals surface area contributed by atoms with Crippen molar-refractivity contribution in [2.75, 3.05) is 7.11 Å². The van der Waals surface area contributed by atoms with Crippen LogP contribution in [0.25, 0.3) is 16.4 Å². The van der Waals surface area contributed by atoms with Crippen molar-refractivity contribution in [1.82, 2.24) is 14.8 Å². The smallest absolute Gasteiger partial charge is 0.217 e. The maximum atomic E-state index is 11.0. The molecule has 148 valence electrons. The monoisotopic (exact) mass is 398 g/mol. The Labute approximate surface area is 169 Å². The molecule has 0 saturated carbocycles. The van der Waals surface area contributed by atoms with Crippen LogP contribution in [0.3, 0.4) is 0 Å². The van der Waals surface area contributed by atoms with Crippen LogP contribution in [0, 0.1) is 5.92 Å². The Morgan fingerprint density at radius 3 is 2.71 bits per heavy atom. The van der Waals surface area contributed by atoms with Crippen molar-refractivity contribution in [3.8, 4) is 22.1 Å². The number of carbonyl (C=O) groups is 1. The number of amides is 1. The molecule has 2 N–H and O–H groups in total. The van der Waals surface area contributed by atoms with Crippen molar-refractivity contribution in [2.24, 2.45) is 11.7 Å². The van der Waals surface area contributed by atoms with Crippen LogP contribution in [0.1, 0.15) is 37.9 Å². The van der Waals surface area contributed by atoms with Gasteiger partial charge in [0.1, 0.15) is 5.75 Å². The van der Waals surface area contributed by atoms with Crippen molar-refractivity contribution < 1.29 is 9.53 Å². The van der Waals surface area contributed by atoms with E-state index in [1.807, 2.05) is 40.5 Å². The van der Waals surface area contributed by atoms with Crippen LogP contribution in [0.2, 0.25) is 0 Å². The predicted molar refractivity (Wildman–Crippen MR) is 112 cm³/mol. The number of benzene rings is 1. The maximum absolute atomic E-state index is 11.0. The quantitative estimate of drug-likeness (QED) is 0.590. The zero-order chi connectivity index (χ0) is 20.1. The summed E-state index contributed by atoms with van der Waals surface area (Å²) in [4.78, 5) is 15.8. The molecule has 1 aromatic carbocycles. The van der Waals surface area contributed by atoms with Gasteiger partial charge in [-0.05, 0) is 55.0 Å². The van der Waals surface area contributed by atoms with Gasteiger partial charge in [0.05, 0.1) is 19.0 Å². The molecule has 0 aliphatic rings. The minimum atomic E-state index is -0.243. The molecule has 0 radical (unpaired) electrons. The third-order valence-corrected chi connectivity index (χ3v) is 5.62. The van der Waals surface area contributed by atoms with Gasteiger partial charge in [-0.25, -0.2) is 9.67 Å². The van der Waals surface area contributed by atoms with Gasteiger partial charge < -0.3 is 10.5 Å². The number of methoxy groups -OCH3 is 1. The molecule has 6 nitrogen and oxygen atoms in total. The summed E-state index contributed by atoms with van der Waals surface area (Å²) in [5.41, 5.74) is 9.62. The van der Waals surface area contributed by atoms with E-state index in [1.165, 1.54) is 11.3 Å². The first-order valence-electron chi connectivity index (χ1n) is 9.46. The number of hydrogen-bond acceptors (Lipinski definition) is 5. The van der Waals surface area contributed by atoms with E-state index in [-0.39, 0.29) is 5.91 Å². The molecule has 1 atom stereocenters. The zero-order valence-electron chi connectivity index (χ0n) is 16.5. The number of hydrogen-bond donors (Lipinski definition) is 1. The van der Waals surface area contributed by atoms with E-state index >= 15 is 0 Å². The molecule has 0 spiro atoms. The number of carbonyl (C=O) groups excluding carboxylic acids is 1. The van der Waals surface area contributed by atoms with Crippen LogP contribution >= 0.6 is 11.3 Å². The van der Waals surface area contributed by atoms with Crippen molar-refractivity contribution in [1.29, 1.82) is 0 Å².